The van der Waals surface area contributed by atoms with Crippen molar-refractivity contribution in [1.29, 1.82) is 0 Å². The second kappa shape index (κ2) is 4.91. The number of hydrogen-bond donors (Lipinski definition) is 1. The molecule has 0 unspecified atom stereocenters. The van der Waals surface area contributed by atoms with Crippen molar-refractivity contribution in [2.24, 2.45) is 5.92 Å². The van der Waals surface area contributed by atoms with E-state index in [-0.39, 0.29) is 11.4 Å². The second-order valence-electron chi connectivity index (χ2n) is 5.81. The quantitative estimate of drug-likeness (QED) is 0.851. The molecule has 1 aromatic heterocycles. The minimum atomic E-state index is -0.602. The van der Waals surface area contributed by atoms with Crippen molar-refractivity contribution < 1.29 is 9.18 Å². The Hall–Kier alpha value is -1.45. The van der Waals surface area contributed by atoms with E-state index >= 15 is 0 Å². The molecule has 1 amide bonds. The van der Waals surface area contributed by atoms with Crippen molar-refractivity contribution in [1.82, 2.24) is 10.3 Å². The number of amides is 1. The SMILES string of the molecule is O=C(NC1(C2CCCCC2)CC1)c1ccnc(F)c1. The van der Waals surface area contributed by atoms with Gasteiger partial charge in [0.05, 0.1) is 0 Å². The lowest BCUT2D eigenvalue weighted by atomic mass is 9.82. The topological polar surface area (TPSA) is 42.0 Å². The van der Waals surface area contributed by atoms with E-state index in [0.29, 0.717) is 11.5 Å². The maximum atomic E-state index is 13.0. The number of rotatable bonds is 3. The summed E-state index contributed by atoms with van der Waals surface area (Å²) in [6, 6.07) is 2.77. The number of aromatic nitrogens is 1. The lowest BCUT2D eigenvalue weighted by Gasteiger charge is -2.31. The molecule has 3 rings (SSSR count). The highest BCUT2D eigenvalue weighted by atomic mass is 19.1. The molecule has 1 aromatic rings. The van der Waals surface area contributed by atoms with Crippen LogP contribution in [-0.2, 0) is 0 Å². The van der Waals surface area contributed by atoms with Crippen LogP contribution >= 0.6 is 0 Å². The van der Waals surface area contributed by atoms with Gasteiger partial charge in [-0.25, -0.2) is 4.98 Å². The Bertz CT molecular complexity index is 479. The molecular weight excluding hydrogens is 243 g/mol. The van der Waals surface area contributed by atoms with Gasteiger partial charge in [-0.3, -0.25) is 4.79 Å². The number of halogens is 1. The minimum absolute atomic E-state index is 0.00273. The molecule has 0 aliphatic heterocycles. The Morgan fingerprint density at radius 3 is 2.68 bits per heavy atom. The van der Waals surface area contributed by atoms with Crippen molar-refractivity contribution in [3.63, 3.8) is 0 Å². The van der Waals surface area contributed by atoms with E-state index < -0.39 is 5.95 Å². The molecule has 1 N–H and O–H groups in total. The fourth-order valence-electron chi connectivity index (χ4n) is 3.27. The molecule has 2 aliphatic rings. The summed E-state index contributed by atoms with van der Waals surface area (Å²) in [5.41, 5.74) is 0.367. The largest absolute Gasteiger partial charge is 0.346 e. The molecule has 0 bridgehead atoms. The normalized spacial score (nSPS) is 21.9. The molecule has 2 aliphatic carbocycles. The van der Waals surface area contributed by atoms with Crippen LogP contribution in [0.1, 0.15) is 55.3 Å². The molecular formula is C15H19FN2O. The lowest BCUT2D eigenvalue weighted by Crippen LogP contribution is -2.43. The second-order valence-corrected chi connectivity index (χ2v) is 5.81. The van der Waals surface area contributed by atoms with Gasteiger partial charge in [-0.05, 0) is 37.7 Å². The first-order chi connectivity index (χ1) is 9.20. The van der Waals surface area contributed by atoms with Crippen LogP contribution in [0.15, 0.2) is 18.3 Å². The first-order valence-electron chi connectivity index (χ1n) is 7.14. The number of carbonyl (C=O) groups excluding carboxylic acids is 1. The predicted octanol–water partition coefficient (Wildman–Crippen LogP) is 3.06. The van der Waals surface area contributed by atoms with Crippen LogP contribution in [0.4, 0.5) is 4.39 Å². The summed E-state index contributed by atoms with van der Waals surface area (Å²) in [6.07, 6.45) is 9.75. The van der Waals surface area contributed by atoms with Crippen LogP contribution in [0.25, 0.3) is 0 Å². The molecule has 0 spiro atoms. The number of pyridine rings is 1. The van der Waals surface area contributed by atoms with Crippen molar-refractivity contribution in [3.05, 3.63) is 29.8 Å². The van der Waals surface area contributed by atoms with Gasteiger partial charge in [-0.1, -0.05) is 19.3 Å². The average molecular weight is 262 g/mol. The standard InChI is InChI=1S/C15H19FN2O/c16-13-10-11(6-9-17-13)14(19)18-15(7-8-15)12-4-2-1-3-5-12/h6,9-10,12H,1-5,7-8H2,(H,18,19). The highest BCUT2D eigenvalue weighted by Gasteiger charge is 2.50. The molecule has 2 fully saturated rings. The molecule has 0 saturated heterocycles. The average Bonchev–Trinajstić information content (AvgIpc) is 3.21. The fraction of sp³-hybridized carbons (Fsp3) is 0.600. The molecule has 2 saturated carbocycles. The Morgan fingerprint density at radius 1 is 1.32 bits per heavy atom. The van der Waals surface area contributed by atoms with Gasteiger partial charge in [-0.15, -0.1) is 0 Å². The molecule has 0 aromatic carbocycles. The van der Waals surface area contributed by atoms with Gasteiger partial charge in [-0.2, -0.15) is 4.39 Å². The third-order valence-corrected chi connectivity index (χ3v) is 4.53. The summed E-state index contributed by atoms with van der Waals surface area (Å²) in [5.74, 6) is -0.156. The van der Waals surface area contributed by atoms with Gasteiger partial charge in [0.1, 0.15) is 0 Å². The van der Waals surface area contributed by atoms with E-state index in [0.717, 1.165) is 12.8 Å². The van der Waals surface area contributed by atoms with Gasteiger partial charge in [0.15, 0.2) is 0 Å². The summed E-state index contributed by atoms with van der Waals surface area (Å²) >= 11 is 0. The van der Waals surface area contributed by atoms with Crippen molar-refractivity contribution in [3.8, 4) is 0 Å². The maximum absolute atomic E-state index is 13.0. The molecule has 1 heterocycles. The van der Waals surface area contributed by atoms with Crippen molar-refractivity contribution in [2.75, 3.05) is 0 Å². The lowest BCUT2D eigenvalue weighted by molar-refractivity contribution is 0.0901. The number of nitrogens with one attached hydrogen (secondary N) is 1. The number of carbonyl (C=O) groups is 1. The fourth-order valence-corrected chi connectivity index (χ4v) is 3.27. The van der Waals surface area contributed by atoms with Crippen molar-refractivity contribution in [2.45, 2.75) is 50.5 Å². The molecule has 19 heavy (non-hydrogen) atoms. The zero-order valence-electron chi connectivity index (χ0n) is 11.0. The number of nitrogens with zero attached hydrogens (tertiary/aromatic N) is 1. The van der Waals surface area contributed by atoms with Crippen LogP contribution in [0, 0.1) is 11.9 Å². The van der Waals surface area contributed by atoms with Crippen LogP contribution in [0.5, 0.6) is 0 Å². The Labute approximate surface area is 112 Å². The summed E-state index contributed by atoms with van der Waals surface area (Å²) in [6.45, 7) is 0. The molecule has 3 nitrogen and oxygen atoms in total. The first-order valence-corrected chi connectivity index (χ1v) is 7.14. The molecule has 0 atom stereocenters. The number of hydrogen-bond acceptors (Lipinski definition) is 2. The molecule has 4 heteroatoms. The predicted molar refractivity (Wildman–Crippen MR) is 70.2 cm³/mol. The summed E-state index contributed by atoms with van der Waals surface area (Å²) < 4.78 is 13.0. The molecule has 102 valence electrons. The van der Waals surface area contributed by atoms with Crippen molar-refractivity contribution >= 4 is 5.91 Å². The van der Waals surface area contributed by atoms with Gasteiger partial charge in [0.2, 0.25) is 5.95 Å². The Balaban J connectivity index is 1.69. The van der Waals surface area contributed by atoms with Gasteiger partial charge >= 0.3 is 0 Å². The van der Waals surface area contributed by atoms with E-state index in [1.807, 2.05) is 0 Å². The monoisotopic (exact) mass is 262 g/mol. The van der Waals surface area contributed by atoms with Crippen LogP contribution in [-0.4, -0.2) is 16.4 Å². The van der Waals surface area contributed by atoms with E-state index in [1.165, 1.54) is 44.4 Å². The zero-order chi connectivity index (χ0) is 13.3. The summed E-state index contributed by atoms with van der Waals surface area (Å²) in [7, 11) is 0. The summed E-state index contributed by atoms with van der Waals surface area (Å²) in [4.78, 5) is 15.7. The summed E-state index contributed by atoms with van der Waals surface area (Å²) in [5, 5.41) is 3.15. The molecule has 0 radical (unpaired) electrons. The van der Waals surface area contributed by atoms with Crippen LogP contribution in [0.3, 0.4) is 0 Å². The van der Waals surface area contributed by atoms with Gasteiger partial charge < -0.3 is 5.32 Å². The minimum Gasteiger partial charge on any atom is -0.346 e. The van der Waals surface area contributed by atoms with Crippen LogP contribution in [0.2, 0.25) is 0 Å². The van der Waals surface area contributed by atoms with Gasteiger partial charge in [0.25, 0.3) is 5.91 Å². The van der Waals surface area contributed by atoms with Crippen LogP contribution < -0.4 is 5.32 Å². The highest BCUT2D eigenvalue weighted by molar-refractivity contribution is 5.94. The zero-order valence-corrected chi connectivity index (χ0v) is 11.0. The maximum Gasteiger partial charge on any atom is 0.251 e. The van der Waals surface area contributed by atoms with E-state index in [2.05, 4.69) is 10.3 Å². The highest BCUT2D eigenvalue weighted by Crippen LogP contribution is 2.48. The Morgan fingerprint density at radius 2 is 2.05 bits per heavy atom. The Kier molecular flexibility index (Phi) is 3.25. The van der Waals surface area contributed by atoms with E-state index in [9.17, 15) is 9.18 Å². The third kappa shape index (κ3) is 2.62. The van der Waals surface area contributed by atoms with E-state index in [1.54, 1.807) is 6.07 Å². The van der Waals surface area contributed by atoms with Gasteiger partial charge in [0, 0.05) is 23.4 Å². The smallest absolute Gasteiger partial charge is 0.251 e. The third-order valence-electron chi connectivity index (χ3n) is 4.53. The van der Waals surface area contributed by atoms with E-state index in [4.69, 9.17) is 0 Å². The first kappa shape index (κ1) is 12.6.